The number of hydrogen-bond acceptors (Lipinski definition) is 5. The van der Waals surface area contributed by atoms with E-state index in [0.29, 0.717) is 5.69 Å². The first-order valence-electron chi connectivity index (χ1n) is 5.86. The maximum atomic E-state index is 12.3. The Morgan fingerprint density at radius 2 is 2.11 bits per heavy atom. The minimum Gasteiger partial charge on any atom is -0.386 e. The predicted octanol–water partition coefficient (Wildman–Crippen LogP) is 1.30. The van der Waals surface area contributed by atoms with Crippen LogP contribution in [0.4, 0.5) is 5.69 Å². The van der Waals surface area contributed by atoms with Crippen molar-refractivity contribution >= 4 is 27.5 Å². The van der Waals surface area contributed by atoms with Crippen molar-refractivity contribution < 1.29 is 8.42 Å². The van der Waals surface area contributed by atoms with Crippen molar-refractivity contribution in [1.29, 1.82) is 0 Å². The Morgan fingerprint density at radius 3 is 2.78 bits per heavy atom. The summed E-state index contributed by atoms with van der Waals surface area (Å²) in [5, 5.41) is 2.93. The molecule has 0 unspecified atom stereocenters. The highest BCUT2D eigenvalue weighted by atomic mass is 32.2. The van der Waals surface area contributed by atoms with Gasteiger partial charge in [-0.2, -0.15) is 11.8 Å². The Morgan fingerprint density at radius 1 is 1.39 bits per heavy atom. The lowest BCUT2D eigenvalue weighted by Crippen LogP contribution is -2.37. The fraction of sp³-hybridized carbons (Fsp3) is 0.545. The number of aromatic nitrogens is 1. The molecule has 5 nitrogen and oxygen atoms in total. The molecule has 0 aromatic carbocycles. The minimum absolute atomic E-state index is 0.0305. The van der Waals surface area contributed by atoms with Crippen molar-refractivity contribution in [2.45, 2.75) is 23.9 Å². The first-order chi connectivity index (χ1) is 8.63. The van der Waals surface area contributed by atoms with Gasteiger partial charge in [-0.15, -0.1) is 0 Å². The molecule has 0 bridgehead atoms. The molecule has 2 heterocycles. The van der Waals surface area contributed by atoms with Gasteiger partial charge in [-0.05, 0) is 36.5 Å². The van der Waals surface area contributed by atoms with Crippen LogP contribution in [0.5, 0.6) is 0 Å². The molecule has 1 aliphatic rings. The fourth-order valence-corrected chi connectivity index (χ4v) is 4.44. The lowest BCUT2D eigenvalue weighted by molar-refractivity contribution is 0.526. The largest absolute Gasteiger partial charge is 0.386 e. The van der Waals surface area contributed by atoms with Crippen LogP contribution in [0.15, 0.2) is 23.4 Å². The van der Waals surface area contributed by atoms with Gasteiger partial charge in [-0.25, -0.2) is 18.1 Å². The lowest BCUT2D eigenvalue weighted by Gasteiger charge is -2.22. The van der Waals surface area contributed by atoms with Crippen LogP contribution in [0.2, 0.25) is 0 Å². The second kappa shape index (κ2) is 5.90. The monoisotopic (exact) mass is 287 g/mol. The summed E-state index contributed by atoms with van der Waals surface area (Å²) in [6, 6.07) is 3.45. The van der Waals surface area contributed by atoms with Crippen LogP contribution in [-0.2, 0) is 10.0 Å². The normalized spacial score (nSPS) is 17.6. The van der Waals surface area contributed by atoms with Crippen molar-refractivity contribution in [3.05, 3.63) is 18.3 Å². The van der Waals surface area contributed by atoms with Gasteiger partial charge in [0.25, 0.3) is 10.0 Å². The van der Waals surface area contributed by atoms with Crippen LogP contribution in [0.3, 0.4) is 0 Å². The highest BCUT2D eigenvalue weighted by Crippen LogP contribution is 2.21. The molecule has 100 valence electrons. The van der Waals surface area contributed by atoms with Gasteiger partial charge in [0.05, 0.1) is 5.69 Å². The van der Waals surface area contributed by atoms with E-state index in [9.17, 15) is 8.42 Å². The van der Waals surface area contributed by atoms with Crippen LogP contribution in [0, 0.1) is 0 Å². The SMILES string of the molecule is CNc1cccnc1S(=O)(=O)NC1CCSCC1. The maximum Gasteiger partial charge on any atom is 0.260 e. The molecule has 7 heteroatoms. The Labute approximate surface area is 112 Å². The zero-order valence-corrected chi connectivity index (χ0v) is 11.9. The van der Waals surface area contributed by atoms with Gasteiger partial charge >= 0.3 is 0 Å². The number of thioether (sulfide) groups is 1. The van der Waals surface area contributed by atoms with E-state index in [0.717, 1.165) is 24.3 Å². The van der Waals surface area contributed by atoms with E-state index < -0.39 is 10.0 Å². The number of pyridine rings is 1. The Balaban J connectivity index is 2.19. The average Bonchev–Trinajstić information content (AvgIpc) is 2.39. The number of nitrogens with one attached hydrogen (secondary N) is 2. The van der Waals surface area contributed by atoms with Crippen molar-refractivity contribution in [2.75, 3.05) is 23.9 Å². The summed E-state index contributed by atoms with van der Waals surface area (Å²) >= 11 is 1.87. The number of nitrogens with zero attached hydrogens (tertiary/aromatic N) is 1. The van der Waals surface area contributed by atoms with Crippen LogP contribution < -0.4 is 10.0 Å². The highest BCUT2D eigenvalue weighted by Gasteiger charge is 2.24. The summed E-state index contributed by atoms with van der Waals surface area (Å²) in [7, 11) is -1.85. The summed E-state index contributed by atoms with van der Waals surface area (Å²) in [5.74, 6) is 2.02. The molecule has 2 rings (SSSR count). The molecule has 1 saturated heterocycles. The van der Waals surface area contributed by atoms with E-state index in [1.54, 1.807) is 19.2 Å². The minimum atomic E-state index is -3.54. The second-order valence-corrected chi connectivity index (χ2v) is 6.97. The molecular weight excluding hydrogens is 270 g/mol. The third-order valence-electron chi connectivity index (χ3n) is 2.84. The number of rotatable bonds is 4. The van der Waals surface area contributed by atoms with Crippen LogP contribution in [0.1, 0.15) is 12.8 Å². The van der Waals surface area contributed by atoms with Crippen molar-refractivity contribution in [1.82, 2.24) is 9.71 Å². The maximum absolute atomic E-state index is 12.3. The van der Waals surface area contributed by atoms with Crippen LogP contribution in [0.25, 0.3) is 0 Å². The van der Waals surface area contributed by atoms with E-state index in [1.165, 1.54) is 6.20 Å². The first-order valence-corrected chi connectivity index (χ1v) is 8.50. The molecule has 1 aromatic heterocycles. The molecule has 2 N–H and O–H groups in total. The molecule has 0 amide bonds. The van der Waals surface area contributed by atoms with Crippen molar-refractivity contribution in [3.63, 3.8) is 0 Å². The summed E-state index contributed by atoms with van der Waals surface area (Å²) in [5.41, 5.74) is 0.523. The molecule has 0 radical (unpaired) electrons. The number of anilines is 1. The van der Waals surface area contributed by atoms with E-state index in [-0.39, 0.29) is 11.1 Å². The van der Waals surface area contributed by atoms with Gasteiger partial charge in [-0.3, -0.25) is 0 Å². The Bertz CT molecular complexity index is 499. The molecular formula is C11H17N3O2S2. The lowest BCUT2D eigenvalue weighted by atomic mass is 10.2. The van der Waals surface area contributed by atoms with Crippen LogP contribution in [-0.4, -0.2) is 38.0 Å². The zero-order valence-electron chi connectivity index (χ0n) is 10.2. The summed E-state index contributed by atoms with van der Waals surface area (Å²) in [4.78, 5) is 3.97. The standard InChI is InChI=1S/C11H17N3O2S2/c1-12-10-3-2-6-13-11(10)18(15,16)14-9-4-7-17-8-5-9/h2-3,6,9,12,14H,4-5,7-8H2,1H3. The second-order valence-electron chi connectivity index (χ2n) is 4.11. The fourth-order valence-electron chi connectivity index (χ4n) is 1.89. The summed E-state index contributed by atoms with van der Waals surface area (Å²) in [6.45, 7) is 0. The number of sulfonamides is 1. The van der Waals surface area contributed by atoms with E-state index in [1.807, 2.05) is 11.8 Å². The first kappa shape index (κ1) is 13.6. The molecule has 0 atom stereocenters. The van der Waals surface area contributed by atoms with Crippen molar-refractivity contribution in [2.24, 2.45) is 0 Å². The van der Waals surface area contributed by atoms with Gasteiger partial charge in [0.2, 0.25) is 0 Å². The van der Waals surface area contributed by atoms with Gasteiger partial charge < -0.3 is 5.32 Å². The van der Waals surface area contributed by atoms with Gasteiger partial charge in [-0.1, -0.05) is 0 Å². The third-order valence-corrected chi connectivity index (χ3v) is 5.36. The quantitative estimate of drug-likeness (QED) is 0.873. The summed E-state index contributed by atoms with van der Waals surface area (Å²) < 4.78 is 27.3. The van der Waals surface area contributed by atoms with Gasteiger partial charge in [0.15, 0.2) is 5.03 Å². The van der Waals surface area contributed by atoms with Crippen LogP contribution >= 0.6 is 11.8 Å². The third kappa shape index (κ3) is 3.15. The Hall–Kier alpha value is -0.790. The average molecular weight is 287 g/mol. The molecule has 1 aliphatic heterocycles. The molecule has 0 aliphatic carbocycles. The van der Waals surface area contributed by atoms with Crippen molar-refractivity contribution in [3.8, 4) is 0 Å². The molecule has 18 heavy (non-hydrogen) atoms. The van der Waals surface area contributed by atoms with E-state index in [2.05, 4.69) is 15.0 Å². The molecule has 1 aromatic rings. The van der Waals surface area contributed by atoms with Gasteiger partial charge in [0.1, 0.15) is 0 Å². The topological polar surface area (TPSA) is 71.1 Å². The summed E-state index contributed by atoms with van der Waals surface area (Å²) in [6.07, 6.45) is 3.25. The van der Waals surface area contributed by atoms with E-state index in [4.69, 9.17) is 0 Å². The molecule has 0 spiro atoms. The smallest absolute Gasteiger partial charge is 0.260 e. The van der Waals surface area contributed by atoms with Gasteiger partial charge in [0, 0.05) is 19.3 Å². The zero-order chi connectivity index (χ0) is 13.0. The highest BCUT2D eigenvalue weighted by molar-refractivity contribution is 7.99. The predicted molar refractivity (Wildman–Crippen MR) is 74.5 cm³/mol. The Kier molecular flexibility index (Phi) is 4.47. The molecule has 1 fully saturated rings. The van der Waals surface area contributed by atoms with E-state index >= 15 is 0 Å². The molecule has 0 saturated carbocycles. The number of hydrogen-bond donors (Lipinski definition) is 2.